The van der Waals surface area contributed by atoms with Crippen LogP contribution in [0.25, 0.3) is 11.3 Å². The Hall–Kier alpha value is -1.42. The SMILES string of the molecule is CCCc1nc(-c2ccsc2C)cc(=O)[nH]1. The van der Waals surface area contributed by atoms with Crippen LogP contribution in [0, 0.1) is 6.92 Å². The summed E-state index contributed by atoms with van der Waals surface area (Å²) in [5.41, 5.74) is 1.78. The van der Waals surface area contributed by atoms with E-state index in [-0.39, 0.29) is 5.56 Å². The number of aryl methyl sites for hydroxylation is 2. The maximum absolute atomic E-state index is 11.5. The molecule has 2 aromatic heterocycles. The summed E-state index contributed by atoms with van der Waals surface area (Å²) in [5.74, 6) is 0.774. The zero-order valence-electron chi connectivity index (χ0n) is 9.41. The Balaban J connectivity index is 2.49. The first-order valence-electron chi connectivity index (χ1n) is 5.35. The van der Waals surface area contributed by atoms with Gasteiger partial charge in [0.05, 0.1) is 5.69 Å². The van der Waals surface area contributed by atoms with Gasteiger partial charge in [0.2, 0.25) is 0 Å². The molecule has 0 aliphatic heterocycles. The van der Waals surface area contributed by atoms with Crippen molar-refractivity contribution in [2.45, 2.75) is 26.7 Å². The van der Waals surface area contributed by atoms with E-state index in [2.05, 4.69) is 16.9 Å². The van der Waals surface area contributed by atoms with E-state index in [4.69, 9.17) is 0 Å². The van der Waals surface area contributed by atoms with Crippen molar-refractivity contribution in [1.82, 2.24) is 9.97 Å². The van der Waals surface area contributed by atoms with Gasteiger partial charge in [-0.2, -0.15) is 0 Å². The number of hydrogen-bond acceptors (Lipinski definition) is 3. The molecule has 4 heteroatoms. The van der Waals surface area contributed by atoms with Crippen LogP contribution in [0.3, 0.4) is 0 Å². The first kappa shape index (κ1) is 11.1. The van der Waals surface area contributed by atoms with E-state index >= 15 is 0 Å². The smallest absolute Gasteiger partial charge is 0.251 e. The molecule has 84 valence electrons. The molecule has 0 amide bonds. The number of hydrogen-bond donors (Lipinski definition) is 1. The highest BCUT2D eigenvalue weighted by Crippen LogP contribution is 2.24. The van der Waals surface area contributed by atoms with E-state index in [1.165, 1.54) is 4.88 Å². The molecular formula is C12H14N2OS. The fraction of sp³-hybridized carbons (Fsp3) is 0.333. The van der Waals surface area contributed by atoms with Gasteiger partial charge in [-0.25, -0.2) is 4.98 Å². The van der Waals surface area contributed by atoms with Crippen molar-refractivity contribution in [2.75, 3.05) is 0 Å². The molecule has 0 saturated carbocycles. The van der Waals surface area contributed by atoms with E-state index in [1.807, 2.05) is 18.4 Å². The Labute approximate surface area is 98.2 Å². The molecule has 0 bridgehead atoms. The van der Waals surface area contributed by atoms with Crippen molar-refractivity contribution in [3.63, 3.8) is 0 Å². The average molecular weight is 234 g/mol. The highest BCUT2D eigenvalue weighted by molar-refractivity contribution is 7.10. The van der Waals surface area contributed by atoms with Gasteiger partial charge >= 0.3 is 0 Å². The first-order valence-corrected chi connectivity index (χ1v) is 6.23. The standard InChI is InChI=1S/C12H14N2OS/c1-3-4-11-13-10(7-12(15)14-11)9-5-6-16-8(9)2/h5-7H,3-4H2,1-2H3,(H,13,14,15). The maximum atomic E-state index is 11.5. The van der Waals surface area contributed by atoms with Gasteiger partial charge in [0.25, 0.3) is 5.56 Å². The Kier molecular flexibility index (Phi) is 3.19. The Morgan fingerprint density at radius 2 is 2.31 bits per heavy atom. The predicted molar refractivity (Wildman–Crippen MR) is 66.9 cm³/mol. The normalized spacial score (nSPS) is 10.6. The monoisotopic (exact) mass is 234 g/mol. The van der Waals surface area contributed by atoms with Crippen molar-refractivity contribution in [2.24, 2.45) is 0 Å². The van der Waals surface area contributed by atoms with Gasteiger partial charge in [-0.05, 0) is 24.8 Å². The summed E-state index contributed by atoms with van der Waals surface area (Å²) in [6.07, 6.45) is 1.79. The molecule has 2 rings (SSSR count). The molecule has 0 fully saturated rings. The first-order chi connectivity index (χ1) is 7.70. The maximum Gasteiger partial charge on any atom is 0.251 e. The molecule has 3 nitrogen and oxygen atoms in total. The fourth-order valence-electron chi connectivity index (χ4n) is 1.65. The van der Waals surface area contributed by atoms with Crippen LogP contribution >= 0.6 is 11.3 Å². The number of aromatic amines is 1. The van der Waals surface area contributed by atoms with Crippen molar-refractivity contribution < 1.29 is 0 Å². The van der Waals surface area contributed by atoms with Gasteiger partial charge < -0.3 is 4.98 Å². The third-order valence-corrected chi connectivity index (χ3v) is 3.26. The molecule has 0 aromatic carbocycles. The zero-order chi connectivity index (χ0) is 11.5. The van der Waals surface area contributed by atoms with Crippen LogP contribution in [-0.4, -0.2) is 9.97 Å². The molecule has 0 spiro atoms. The molecular weight excluding hydrogens is 220 g/mol. The largest absolute Gasteiger partial charge is 0.311 e. The molecule has 0 radical (unpaired) electrons. The minimum absolute atomic E-state index is 0.0703. The summed E-state index contributed by atoms with van der Waals surface area (Å²) in [6, 6.07) is 3.58. The minimum atomic E-state index is -0.0703. The lowest BCUT2D eigenvalue weighted by Crippen LogP contribution is -2.10. The van der Waals surface area contributed by atoms with E-state index in [0.717, 1.165) is 29.9 Å². The number of H-pyrrole nitrogens is 1. The Bertz CT molecular complexity index is 542. The van der Waals surface area contributed by atoms with Crippen LogP contribution < -0.4 is 5.56 Å². The summed E-state index contributed by atoms with van der Waals surface area (Å²) >= 11 is 1.67. The highest BCUT2D eigenvalue weighted by atomic mass is 32.1. The second kappa shape index (κ2) is 4.61. The number of rotatable bonds is 3. The summed E-state index contributed by atoms with van der Waals surface area (Å²) < 4.78 is 0. The van der Waals surface area contributed by atoms with Crippen LogP contribution in [0.2, 0.25) is 0 Å². The number of aromatic nitrogens is 2. The van der Waals surface area contributed by atoms with E-state index < -0.39 is 0 Å². The third-order valence-electron chi connectivity index (χ3n) is 2.41. The summed E-state index contributed by atoms with van der Waals surface area (Å²) in [4.78, 5) is 19.9. The molecule has 0 atom stereocenters. The minimum Gasteiger partial charge on any atom is -0.311 e. The van der Waals surface area contributed by atoms with Gasteiger partial charge in [-0.3, -0.25) is 4.79 Å². The molecule has 0 unspecified atom stereocenters. The molecule has 16 heavy (non-hydrogen) atoms. The second-order valence-corrected chi connectivity index (χ2v) is 4.84. The quantitative estimate of drug-likeness (QED) is 0.887. The van der Waals surface area contributed by atoms with Crippen LogP contribution in [0.5, 0.6) is 0 Å². The van der Waals surface area contributed by atoms with Crippen LogP contribution in [0.4, 0.5) is 0 Å². The number of nitrogens with one attached hydrogen (secondary N) is 1. The predicted octanol–water partition coefficient (Wildman–Crippen LogP) is 2.76. The van der Waals surface area contributed by atoms with Crippen molar-refractivity contribution in [1.29, 1.82) is 0 Å². The van der Waals surface area contributed by atoms with Gasteiger partial charge in [0.15, 0.2) is 0 Å². The lowest BCUT2D eigenvalue weighted by Gasteiger charge is -2.02. The lowest BCUT2D eigenvalue weighted by atomic mass is 10.2. The molecule has 1 N–H and O–H groups in total. The molecule has 0 aliphatic rings. The van der Waals surface area contributed by atoms with Crippen molar-refractivity contribution in [3.05, 3.63) is 38.6 Å². The second-order valence-electron chi connectivity index (χ2n) is 3.72. The fourth-order valence-corrected chi connectivity index (χ4v) is 2.36. The van der Waals surface area contributed by atoms with E-state index in [1.54, 1.807) is 17.4 Å². The Morgan fingerprint density at radius 1 is 1.50 bits per heavy atom. The van der Waals surface area contributed by atoms with Crippen LogP contribution in [0.15, 0.2) is 22.3 Å². The lowest BCUT2D eigenvalue weighted by molar-refractivity contribution is 0.827. The van der Waals surface area contributed by atoms with Gasteiger partial charge in [0, 0.05) is 22.9 Å². The average Bonchev–Trinajstić information content (AvgIpc) is 2.64. The third kappa shape index (κ3) is 2.22. The van der Waals surface area contributed by atoms with Gasteiger partial charge in [-0.15, -0.1) is 11.3 Å². The molecule has 0 aliphatic carbocycles. The highest BCUT2D eigenvalue weighted by Gasteiger charge is 2.07. The summed E-state index contributed by atoms with van der Waals surface area (Å²) in [6.45, 7) is 4.12. The van der Waals surface area contributed by atoms with Gasteiger partial charge in [0.1, 0.15) is 5.82 Å². The number of thiophene rings is 1. The Morgan fingerprint density at radius 3 is 2.94 bits per heavy atom. The molecule has 2 aromatic rings. The molecule has 0 saturated heterocycles. The van der Waals surface area contributed by atoms with Gasteiger partial charge in [-0.1, -0.05) is 6.92 Å². The zero-order valence-corrected chi connectivity index (χ0v) is 10.2. The van der Waals surface area contributed by atoms with Crippen molar-refractivity contribution >= 4 is 11.3 Å². The topological polar surface area (TPSA) is 45.8 Å². The number of nitrogens with zero attached hydrogens (tertiary/aromatic N) is 1. The summed E-state index contributed by atoms with van der Waals surface area (Å²) in [5, 5.41) is 2.02. The van der Waals surface area contributed by atoms with E-state index in [9.17, 15) is 4.79 Å². The van der Waals surface area contributed by atoms with Crippen LogP contribution in [0.1, 0.15) is 24.0 Å². The summed E-state index contributed by atoms with van der Waals surface area (Å²) in [7, 11) is 0. The van der Waals surface area contributed by atoms with Crippen molar-refractivity contribution in [3.8, 4) is 11.3 Å². The molecule has 2 heterocycles. The van der Waals surface area contributed by atoms with E-state index in [0.29, 0.717) is 0 Å². The van der Waals surface area contributed by atoms with Crippen LogP contribution in [-0.2, 0) is 6.42 Å².